The van der Waals surface area contributed by atoms with Crippen LogP contribution in [0, 0.1) is 0 Å². The molecule has 0 amide bonds. The van der Waals surface area contributed by atoms with Crippen LogP contribution in [0.2, 0.25) is 0 Å². The summed E-state index contributed by atoms with van der Waals surface area (Å²) in [7, 11) is 1.47. The zero-order chi connectivity index (χ0) is 18.1. The molecule has 2 rings (SSSR count). The van der Waals surface area contributed by atoms with Crippen LogP contribution in [0.5, 0.6) is 17.2 Å². The van der Waals surface area contributed by atoms with E-state index in [2.05, 4.69) is 6.92 Å². The molecule has 1 N–H and O–H groups in total. The molecular weight excluding hydrogens is 320 g/mol. The molecule has 138 valence electrons. The van der Waals surface area contributed by atoms with Gasteiger partial charge in [-0.3, -0.25) is 0 Å². The molecule has 0 aliphatic rings. The molecule has 0 bridgehead atoms. The van der Waals surface area contributed by atoms with Crippen LogP contribution in [-0.2, 0) is 0 Å². The first-order valence-corrected chi connectivity index (χ1v) is 9.14. The Hall–Kier alpha value is -2.17. The van der Waals surface area contributed by atoms with Gasteiger partial charge in [-0.1, -0.05) is 57.9 Å². The Morgan fingerprint density at radius 3 is 2.36 bits per heavy atom. The third kappa shape index (κ3) is 5.15. The molecule has 25 heavy (non-hydrogen) atoms. The highest BCUT2D eigenvalue weighted by Crippen LogP contribution is 2.36. The van der Waals surface area contributed by atoms with E-state index in [1.165, 1.54) is 51.7 Å². The maximum atomic E-state index is 12.1. The van der Waals surface area contributed by atoms with Gasteiger partial charge in [0.05, 0.1) is 19.1 Å². The van der Waals surface area contributed by atoms with Crippen molar-refractivity contribution in [2.75, 3.05) is 13.7 Å². The minimum atomic E-state index is -0.634. The Kier molecular flexibility index (Phi) is 7.64. The topological polar surface area (TPSA) is 68.9 Å². The lowest BCUT2D eigenvalue weighted by molar-refractivity contribution is 0.271. The highest BCUT2D eigenvalue weighted by molar-refractivity contribution is 5.89. The van der Waals surface area contributed by atoms with Crippen LogP contribution < -0.4 is 15.1 Å². The summed E-state index contributed by atoms with van der Waals surface area (Å²) in [4.78, 5) is 12.1. The Morgan fingerprint density at radius 1 is 1.00 bits per heavy atom. The molecule has 0 saturated carbocycles. The lowest BCUT2D eigenvalue weighted by Crippen LogP contribution is -2.10. The standard InChI is InChI=1S/C20H28O5/c1-3-4-5-6-7-8-9-10-14-24-19-18(23-2)15-12-11-13-16(21)17(15)25-20(19)22/h11-13,21H,3-10,14H2,1-2H3. The van der Waals surface area contributed by atoms with Crippen LogP contribution >= 0.6 is 0 Å². The summed E-state index contributed by atoms with van der Waals surface area (Å²) < 4.78 is 16.2. The highest BCUT2D eigenvalue weighted by Gasteiger charge is 2.18. The van der Waals surface area contributed by atoms with Gasteiger partial charge in [-0.2, -0.15) is 0 Å². The summed E-state index contributed by atoms with van der Waals surface area (Å²) in [5, 5.41) is 10.3. The number of ether oxygens (including phenoxy) is 2. The van der Waals surface area contributed by atoms with Crippen molar-refractivity contribution in [2.45, 2.75) is 58.3 Å². The van der Waals surface area contributed by atoms with Gasteiger partial charge in [-0.05, 0) is 18.6 Å². The molecule has 0 fully saturated rings. The van der Waals surface area contributed by atoms with Crippen molar-refractivity contribution in [3.8, 4) is 17.2 Å². The van der Waals surface area contributed by atoms with Crippen LogP contribution in [0.4, 0.5) is 0 Å². The van der Waals surface area contributed by atoms with E-state index in [1.54, 1.807) is 12.1 Å². The molecule has 0 unspecified atom stereocenters. The molecule has 0 aliphatic heterocycles. The van der Waals surface area contributed by atoms with Crippen molar-refractivity contribution in [1.29, 1.82) is 0 Å². The smallest absolute Gasteiger partial charge is 0.383 e. The Bertz CT molecular complexity index is 720. The van der Waals surface area contributed by atoms with E-state index in [-0.39, 0.29) is 17.1 Å². The number of phenols is 1. The summed E-state index contributed by atoms with van der Waals surface area (Å²) in [6.07, 6.45) is 9.58. The fourth-order valence-electron chi connectivity index (χ4n) is 2.90. The summed E-state index contributed by atoms with van der Waals surface area (Å²) >= 11 is 0. The van der Waals surface area contributed by atoms with Crippen molar-refractivity contribution in [3.63, 3.8) is 0 Å². The van der Waals surface area contributed by atoms with Crippen LogP contribution in [0.25, 0.3) is 11.0 Å². The summed E-state index contributed by atoms with van der Waals surface area (Å²) in [6, 6.07) is 4.86. The Morgan fingerprint density at radius 2 is 1.68 bits per heavy atom. The molecule has 2 aromatic rings. The van der Waals surface area contributed by atoms with Gasteiger partial charge in [0.2, 0.25) is 5.75 Å². The fourth-order valence-corrected chi connectivity index (χ4v) is 2.90. The number of fused-ring (bicyclic) bond motifs is 1. The van der Waals surface area contributed by atoms with Crippen molar-refractivity contribution in [2.24, 2.45) is 0 Å². The van der Waals surface area contributed by atoms with Crippen LogP contribution in [-0.4, -0.2) is 18.8 Å². The molecule has 0 radical (unpaired) electrons. The fraction of sp³-hybridized carbons (Fsp3) is 0.550. The van der Waals surface area contributed by atoms with E-state index in [1.807, 2.05) is 0 Å². The molecule has 5 heteroatoms. The first-order valence-electron chi connectivity index (χ1n) is 9.14. The SMILES string of the molecule is CCCCCCCCCCOc1c(OC)c2cccc(O)c2oc1=O. The van der Waals surface area contributed by atoms with Crippen LogP contribution in [0.15, 0.2) is 27.4 Å². The van der Waals surface area contributed by atoms with E-state index in [0.29, 0.717) is 17.7 Å². The summed E-state index contributed by atoms with van der Waals surface area (Å²) in [5.41, 5.74) is -0.519. The minimum Gasteiger partial charge on any atom is -0.504 e. The van der Waals surface area contributed by atoms with Gasteiger partial charge < -0.3 is 19.0 Å². The first kappa shape index (κ1) is 19.2. The normalized spacial score (nSPS) is 11.0. The van der Waals surface area contributed by atoms with Gasteiger partial charge in [0.15, 0.2) is 17.1 Å². The Balaban J connectivity index is 1.91. The number of hydrogen-bond acceptors (Lipinski definition) is 5. The summed E-state index contributed by atoms with van der Waals surface area (Å²) in [6.45, 7) is 2.66. The number of phenolic OH excluding ortho intramolecular Hbond substituents is 1. The van der Waals surface area contributed by atoms with Gasteiger partial charge >= 0.3 is 5.63 Å². The van der Waals surface area contributed by atoms with Gasteiger partial charge in [0, 0.05) is 0 Å². The molecule has 0 aliphatic carbocycles. The largest absolute Gasteiger partial charge is 0.504 e. The number of hydrogen-bond donors (Lipinski definition) is 1. The maximum Gasteiger partial charge on any atom is 0.383 e. The third-order valence-corrected chi connectivity index (χ3v) is 4.27. The molecule has 0 spiro atoms. The second-order valence-electron chi connectivity index (χ2n) is 6.23. The van der Waals surface area contributed by atoms with Crippen molar-refractivity contribution in [3.05, 3.63) is 28.6 Å². The lowest BCUT2D eigenvalue weighted by atomic mass is 10.1. The highest BCUT2D eigenvalue weighted by atomic mass is 16.5. The zero-order valence-corrected chi connectivity index (χ0v) is 15.2. The van der Waals surface area contributed by atoms with E-state index < -0.39 is 5.63 Å². The zero-order valence-electron chi connectivity index (χ0n) is 15.2. The van der Waals surface area contributed by atoms with E-state index >= 15 is 0 Å². The number of para-hydroxylation sites is 1. The average molecular weight is 348 g/mol. The van der Waals surface area contributed by atoms with Crippen LogP contribution in [0.3, 0.4) is 0 Å². The van der Waals surface area contributed by atoms with Crippen molar-refractivity contribution in [1.82, 2.24) is 0 Å². The second-order valence-corrected chi connectivity index (χ2v) is 6.23. The van der Waals surface area contributed by atoms with Crippen molar-refractivity contribution >= 4 is 11.0 Å². The number of rotatable bonds is 11. The van der Waals surface area contributed by atoms with Gasteiger partial charge in [-0.15, -0.1) is 0 Å². The second kappa shape index (κ2) is 9.97. The number of unbranched alkanes of at least 4 members (excludes halogenated alkanes) is 7. The predicted molar refractivity (Wildman–Crippen MR) is 98.8 cm³/mol. The molecular formula is C20H28O5. The van der Waals surface area contributed by atoms with E-state index in [4.69, 9.17) is 13.9 Å². The number of benzene rings is 1. The quantitative estimate of drug-likeness (QED) is 0.456. The summed E-state index contributed by atoms with van der Waals surface area (Å²) in [5.74, 6) is 0.285. The van der Waals surface area contributed by atoms with Crippen LogP contribution in [0.1, 0.15) is 58.3 Å². The van der Waals surface area contributed by atoms with Gasteiger partial charge in [0.25, 0.3) is 0 Å². The first-order chi connectivity index (χ1) is 12.2. The molecule has 0 atom stereocenters. The molecule has 1 aromatic heterocycles. The Labute approximate surface area is 148 Å². The van der Waals surface area contributed by atoms with E-state index in [9.17, 15) is 9.90 Å². The number of methoxy groups -OCH3 is 1. The maximum absolute atomic E-state index is 12.1. The third-order valence-electron chi connectivity index (χ3n) is 4.27. The van der Waals surface area contributed by atoms with Gasteiger partial charge in [0.1, 0.15) is 0 Å². The lowest BCUT2D eigenvalue weighted by Gasteiger charge is -2.11. The van der Waals surface area contributed by atoms with E-state index in [0.717, 1.165) is 12.8 Å². The van der Waals surface area contributed by atoms with Gasteiger partial charge in [-0.25, -0.2) is 4.79 Å². The molecule has 1 aromatic carbocycles. The molecule has 0 saturated heterocycles. The monoisotopic (exact) mass is 348 g/mol. The molecule has 1 heterocycles. The average Bonchev–Trinajstić information content (AvgIpc) is 2.61. The molecule has 5 nitrogen and oxygen atoms in total. The minimum absolute atomic E-state index is 0.0727. The van der Waals surface area contributed by atoms with Crippen molar-refractivity contribution < 1.29 is 19.0 Å². The number of aromatic hydroxyl groups is 1. The predicted octanol–water partition coefficient (Wildman–Crippen LogP) is 5.03.